The Morgan fingerprint density at radius 2 is 1.86 bits per heavy atom. The van der Waals surface area contributed by atoms with Crippen molar-refractivity contribution in [1.29, 1.82) is 0 Å². The van der Waals surface area contributed by atoms with Crippen LogP contribution in [0.15, 0.2) is 16.3 Å². The summed E-state index contributed by atoms with van der Waals surface area (Å²) in [5.74, 6) is 0. The van der Waals surface area contributed by atoms with E-state index in [2.05, 4.69) is 15.1 Å². The fourth-order valence-electron chi connectivity index (χ4n) is 2.47. The van der Waals surface area contributed by atoms with Gasteiger partial charge >= 0.3 is 0 Å². The topological polar surface area (TPSA) is 69.3 Å². The van der Waals surface area contributed by atoms with Crippen molar-refractivity contribution in [2.24, 2.45) is 0 Å². The Morgan fingerprint density at radius 1 is 1.18 bits per heavy atom. The first-order valence-corrected chi connectivity index (χ1v) is 9.45. The van der Waals surface area contributed by atoms with E-state index < -0.39 is 10.0 Å². The SMILES string of the molecule is Cc1[nH]nc(-c2ccc(S(=O)(=O)N3CCN(C)CC3)s2)c1C. The molecule has 1 N–H and O–H groups in total. The molecule has 2 aromatic heterocycles. The highest BCUT2D eigenvalue weighted by Crippen LogP contribution is 2.33. The zero-order chi connectivity index (χ0) is 15.9. The van der Waals surface area contributed by atoms with Crippen LogP contribution in [0.25, 0.3) is 10.6 Å². The van der Waals surface area contributed by atoms with E-state index in [4.69, 9.17) is 0 Å². The molecule has 6 nitrogen and oxygen atoms in total. The molecule has 120 valence electrons. The second-order valence-corrected chi connectivity index (χ2v) is 8.90. The van der Waals surface area contributed by atoms with Crippen LogP contribution in [0.2, 0.25) is 0 Å². The number of aromatic amines is 1. The van der Waals surface area contributed by atoms with Crippen molar-refractivity contribution >= 4 is 21.4 Å². The summed E-state index contributed by atoms with van der Waals surface area (Å²) in [7, 11) is -1.38. The van der Waals surface area contributed by atoms with E-state index in [0.717, 1.165) is 34.9 Å². The van der Waals surface area contributed by atoms with Gasteiger partial charge in [0.25, 0.3) is 10.0 Å². The Balaban J connectivity index is 1.88. The van der Waals surface area contributed by atoms with E-state index in [-0.39, 0.29) is 0 Å². The summed E-state index contributed by atoms with van der Waals surface area (Å²) in [4.78, 5) is 3.02. The fraction of sp³-hybridized carbons (Fsp3) is 0.500. The third-order valence-corrected chi connectivity index (χ3v) is 7.58. The van der Waals surface area contributed by atoms with Crippen molar-refractivity contribution in [3.8, 4) is 10.6 Å². The van der Waals surface area contributed by atoms with Gasteiger partial charge in [-0.25, -0.2) is 8.42 Å². The van der Waals surface area contributed by atoms with Crippen LogP contribution in [0.4, 0.5) is 0 Å². The molecule has 0 radical (unpaired) electrons. The van der Waals surface area contributed by atoms with Crippen LogP contribution in [-0.2, 0) is 10.0 Å². The van der Waals surface area contributed by atoms with Gasteiger partial charge in [-0.2, -0.15) is 9.40 Å². The van der Waals surface area contributed by atoms with Crippen LogP contribution in [0, 0.1) is 13.8 Å². The van der Waals surface area contributed by atoms with E-state index in [1.807, 2.05) is 27.0 Å². The maximum Gasteiger partial charge on any atom is 0.252 e. The van der Waals surface area contributed by atoms with Crippen molar-refractivity contribution in [2.75, 3.05) is 33.2 Å². The van der Waals surface area contributed by atoms with Crippen molar-refractivity contribution in [3.63, 3.8) is 0 Å². The molecule has 0 amide bonds. The number of hydrogen-bond acceptors (Lipinski definition) is 5. The van der Waals surface area contributed by atoms with Crippen LogP contribution in [0.5, 0.6) is 0 Å². The Bertz CT molecular complexity index is 771. The zero-order valence-electron chi connectivity index (χ0n) is 13.0. The molecule has 0 spiro atoms. The van der Waals surface area contributed by atoms with Gasteiger partial charge in [0.1, 0.15) is 9.90 Å². The summed E-state index contributed by atoms with van der Waals surface area (Å²) in [6.45, 7) is 6.59. The van der Waals surface area contributed by atoms with E-state index in [1.165, 1.54) is 11.3 Å². The number of aryl methyl sites for hydroxylation is 1. The van der Waals surface area contributed by atoms with Gasteiger partial charge < -0.3 is 4.90 Å². The predicted octanol–water partition coefficient (Wildman–Crippen LogP) is 1.69. The molecule has 0 unspecified atom stereocenters. The van der Waals surface area contributed by atoms with Gasteiger partial charge in [-0.05, 0) is 38.6 Å². The van der Waals surface area contributed by atoms with Crippen LogP contribution in [-0.4, -0.2) is 61.0 Å². The van der Waals surface area contributed by atoms with Gasteiger partial charge in [-0.3, -0.25) is 5.10 Å². The highest BCUT2D eigenvalue weighted by atomic mass is 32.2. The van der Waals surface area contributed by atoms with Gasteiger partial charge in [0.2, 0.25) is 0 Å². The van der Waals surface area contributed by atoms with Crippen LogP contribution < -0.4 is 0 Å². The minimum absolute atomic E-state index is 0.395. The summed E-state index contributed by atoms with van der Waals surface area (Å²) >= 11 is 1.29. The third-order valence-electron chi connectivity index (χ3n) is 4.12. The molecule has 0 aromatic carbocycles. The van der Waals surface area contributed by atoms with Gasteiger partial charge in [0, 0.05) is 31.9 Å². The summed E-state index contributed by atoms with van der Waals surface area (Å²) in [6, 6.07) is 3.54. The average Bonchev–Trinajstić information content (AvgIpc) is 3.08. The minimum atomic E-state index is -3.39. The summed E-state index contributed by atoms with van der Waals surface area (Å²) in [5.41, 5.74) is 2.90. The smallest absolute Gasteiger partial charge is 0.252 e. The highest BCUT2D eigenvalue weighted by Gasteiger charge is 2.29. The molecule has 1 aliphatic rings. The monoisotopic (exact) mass is 340 g/mol. The van der Waals surface area contributed by atoms with E-state index in [0.29, 0.717) is 17.3 Å². The first kappa shape index (κ1) is 15.7. The maximum absolute atomic E-state index is 12.7. The van der Waals surface area contributed by atoms with Gasteiger partial charge in [0.05, 0.1) is 4.88 Å². The fourth-order valence-corrected chi connectivity index (χ4v) is 5.40. The molecule has 1 aliphatic heterocycles. The number of thiophene rings is 1. The molecule has 0 atom stereocenters. The molecular formula is C14H20N4O2S2. The van der Waals surface area contributed by atoms with E-state index in [1.54, 1.807) is 10.4 Å². The molecule has 8 heteroatoms. The molecule has 0 aliphatic carbocycles. The van der Waals surface area contributed by atoms with Crippen molar-refractivity contribution in [2.45, 2.75) is 18.1 Å². The van der Waals surface area contributed by atoms with Crippen LogP contribution in [0.3, 0.4) is 0 Å². The van der Waals surface area contributed by atoms with Gasteiger partial charge in [-0.15, -0.1) is 11.3 Å². The molecule has 0 saturated carbocycles. The Morgan fingerprint density at radius 3 is 2.45 bits per heavy atom. The van der Waals surface area contributed by atoms with E-state index in [9.17, 15) is 8.42 Å². The number of likely N-dealkylation sites (N-methyl/N-ethyl adjacent to an activating group) is 1. The molecular weight excluding hydrogens is 320 g/mol. The van der Waals surface area contributed by atoms with E-state index >= 15 is 0 Å². The van der Waals surface area contributed by atoms with Gasteiger partial charge in [0.15, 0.2) is 0 Å². The predicted molar refractivity (Wildman–Crippen MR) is 87.6 cm³/mol. The summed E-state index contributed by atoms with van der Waals surface area (Å²) in [5, 5.41) is 7.22. The first-order chi connectivity index (χ1) is 10.4. The summed E-state index contributed by atoms with van der Waals surface area (Å²) in [6.07, 6.45) is 0. The highest BCUT2D eigenvalue weighted by molar-refractivity contribution is 7.91. The second-order valence-electron chi connectivity index (χ2n) is 5.65. The molecule has 3 rings (SSSR count). The number of piperazine rings is 1. The Hall–Kier alpha value is -1.22. The number of H-pyrrole nitrogens is 1. The standard InChI is InChI=1S/C14H20N4O2S2/c1-10-11(2)15-16-14(10)12-4-5-13(21-12)22(19,20)18-8-6-17(3)7-9-18/h4-5H,6-9H2,1-3H3,(H,15,16). The number of hydrogen-bond donors (Lipinski definition) is 1. The lowest BCUT2D eigenvalue weighted by atomic mass is 10.2. The summed E-state index contributed by atoms with van der Waals surface area (Å²) < 4.78 is 27.4. The molecule has 2 aromatic rings. The third kappa shape index (κ3) is 2.71. The lowest BCUT2D eigenvalue weighted by Gasteiger charge is -2.31. The van der Waals surface area contributed by atoms with Crippen molar-refractivity contribution < 1.29 is 8.42 Å². The lowest BCUT2D eigenvalue weighted by Crippen LogP contribution is -2.46. The average molecular weight is 340 g/mol. The van der Waals surface area contributed by atoms with Gasteiger partial charge in [-0.1, -0.05) is 0 Å². The normalized spacial score (nSPS) is 18.0. The molecule has 3 heterocycles. The zero-order valence-corrected chi connectivity index (χ0v) is 14.6. The Labute approximate surface area is 134 Å². The Kier molecular flexibility index (Phi) is 4.11. The number of sulfonamides is 1. The maximum atomic E-state index is 12.7. The largest absolute Gasteiger partial charge is 0.304 e. The number of nitrogens with one attached hydrogen (secondary N) is 1. The number of rotatable bonds is 3. The van der Waals surface area contributed by atoms with Crippen LogP contribution in [0.1, 0.15) is 11.3 Å². The quantitative estimate of drug-likeness (QED) is 0.923. The van der Waals surface area contributed by atoms with Crippen molar-refractivity contribution in [3.05, 3.63) is 23.4 Å². The number of nitrogens with zero attached hydrogens (tertiary/aromatic N) is 3. The molecule has 0 bridgehead atoms. The second kappa shape index (κ2) is 5.77. The molecule has 1 fully saturated rings. The minimum Gasteiger partial charge on any atom is -0.304 e. The molecule has 22 heavy (non-hydrogen) atoms. The van der Waals surface area contributed by atoms with Crippen LogP contribution >= 0.6 is 11.3 Å². The number of aromatic nitrogens is 2. The molecule has 1 saturated heterocycles. The first-order valence-electron chi connectivity index (χ1n) is 7.20. The lowest BCUT2D eigenvalue weighted by molar-refractivity contribution is 0.222. The van der Waals surface area contributed by atoms with Crippen molar-refractivity contribution in [1.82, 2.24) is 19.4 Å².